The van der Waals surface area contributed by atoms with Gasteiger partial charge in [-0.25, -0.2) is 9.79 Å². The van der Waals surface area contributed by atoms with E-state index in [1.807, 2.05) is 35.2 Å². The smallest absolute Gasteiger partial charge is 0.338 e. The maximum absolute atomic E-state index is 13.5. The summed E-state index contributed by atoms with van der Waals surface area (Å²) in [6, 6.07) is 14.9. The largest absolute Gasteiger partial charge is 0.486 e. The lowest BCUT2D eigenvalue weighted by Crippen LogP contribution is -2.45. The second-order valence-electron chi connectivity index (χ2n) is 10.2. The van der Waals surface area contributed by atoms with Crippen LogP contribution in [-0.4, -0.2) is 61.1 Å². The van der Waals surface area contributed by atoms with Crippen molar-refractivity contribution < 1.29 is 28.5 Å². The Kier molecular flexibility index (Phi) is 8.34. The Morgan fingerprint density at radius 1 is 1.02 bits per heavy atom. The Labute approximate surface area is 234 Å². The maximum Gasteiger partial charge on any atom is 0.338 e. The summed E-state index contributed by atoms with van der Waals surface area (Å²) in [6.45, 7) is 9.97. The highest BCUT2D eigenvalue weighted by Gasteiger charge is 2.48. The number of likely N-dealkylation sites (tertiary alicyclic amines) is 1. The molecule has 8 nitrogen and oxygen atoms in total. The topological polar surface area (TPSA) is 86.7 Å². The van der Waals surface area contributed by atoms with Crippen LogP contribution in [0.4, 0.5) is 0 Å². The second-order valence-corrected chi connectivity index (χ2v) is 10.2. The van der Waals surface area contributed by atoms with Crippen LogP contribution < -0.4 is 9.47 Å². The molecule has 0 radical (unpaired) electrons. The van der Waals surface area contributed by atoms with Crippen molar-refractivity contribution in [1.29, 1.82) is 0 Å². The molecule has 0 bridgehead atoms. The lowest BCUT2D eigenvalue weighted by atomic mass is 9.83. The molecule has 2 aromatic carbocycles. The van der Waals surface area contributed by atoms with Gasteiger partial charge in [-0.2, -0.15) is 0 Å². The fourth-order valence-corrected chi connectivity index (χ4v) is 5.27. The molecule has 0 aromatic heterocycles. The van der Waals surface area contributed by atoms with Crippen molar-refractivity contribution in [3.05, 3.63) is 96.6 Å². The molecule has 3 aliphatic heterocycles. The minimum Gasteiger partial charge on any atom is -0.486 e. The first-order valence-corrected chi connectivity index (χ1v) is 13.6. The Morgan fingerprint density at radius 2 is 1.77 bits per heavy atom. The van der Waals surface area contributed by atoms with Gasteiger partial charge in [0.15, 0.2) is 17.0 Å². The van der Waals surface area contributed by atoms with Crippen LogP contribution in [0, 0.1) is 5.92 Å². The standard InChI is InChI=1S/C32H34N2O6/c1-3-8-25(4-2)29-33-32(22-40-29,31(36)39-21-24-9-6-5-7-10-24)20-23-13-15-34(16-14-23)30(35)26-11-12-27-28(19-26)38-18-17-37-27/h3-12,19,23H,1-2,13-18,20-22H2/b25-8+/t32-/m1/s1. The van der Waals surface area contributed by atoms with E-state index in [0.29, 0.717) is 61.3 Å². The SMILES string of the molecule is C=C/C=C(\C=C)C1=N[C@@](CC2CCN(C(=O)c3ccc4c(c3)OCCO4)CC2)(C(=O)OCc2ccccc2)CO1. The average Bonchev–Trinajstić information content (AvgIpc) is 3.43. The van der Waals surface area contributed by atoms with E-state index in [1.165, 1.54) is 0 Å². The molecule has 0 aliphatic carbocycles. The molecule has 0 saturated carbocycles. The number of carbonyl (C=O) groups is 2. The zero-order chi connectivity index (χ0) is 28.0. The number of ether oxygens (including phenoxy) is 4. The van der Waals surface area contributed by atoms with Gasteiger partial charge in [0, 0.05) is 24.2 Å². The van der Waals surface area contributed by atoms with Crippen molar-refractivity contribution in [3.63, 3.8) is 0 Å². The summed E-state index contributed by atoms with van der Waals surface area (Å²) in [7, 11) is 0. The number of allylic oxidation sites excluding steroid dienone is 2. The summed E-state index contributed by atoms with van der Waals surface area (Å²) in [5.41, 5.74) is 0.971. The number of amides is 1. The van der Waals surface area contributed by atoms with Crippen LogP contribution in [0.15, 0.2) is 90.5 Å². The number of piperidine rings is 1. The Balaban J connectivity index is 1.27. The predicted molar refractivity (Wildman–Crippen MR) is 152 cm³/mol. The molecular formula is C32H34N2O6. The second kappa shape index (κ2) is 12.2. The van der Waals surface area contributed by atoms with E-state index >= 15 is 0 Å². The first kappa shape index (κ1) is 27.2. The fourth-order valence-electron chi connectivity index (χ4n) is 5.27. The third-order valence-corrected chi connectivity index (χ3v) is 7.44. The van der Waals surface area contributed by atoms with E-state index in [-0.39, 0.29) is 25.0 Å². The third kappa shape index (κ3) is 5.96. The minimum absolute atomic E-state index is 0.0397. The molecule has 1 amide bonds. The van der Waals surface area contributed by atoms with Crippen LogP contribution in [0.3, 0.4) is 0 Å². The quantitative estimate of drug-likeness (QED) is 0.331. The first-order valence-electron chi connectivity index (χ1n) is 13.6. The minimum atomic E-state index is -1.17. The lowest BCUT2D eigenvalue weighted by molar-refractivity contribution is -0.152. The molecule has 0 spiro atoms. The Bertz CT molecular complexity index is 1330. The fraction of sp³-hybridized carbons (Fsp3) is 0.344. The van der Waals surface area contributed by atoms with Crippen LogP contribution in [0.2, 0.25) is 0 Å². The molecule has 3 heterocycles. The molecular weight excluding hydrogens is 508 g/mol. The van der Waals surface area contributed by atoms with E-state index < -0.39 is 11.5 Å². The molecule has 0 N–H and O–H groups in total. The molecule has 8 heteroatoms. The van der Waals surface area contributed by atoms with Gasteiger partial charge in [-0.15, -0.1) is 0 Å². The van der Waals surface area contributed by atoms with Gasteiger partial charge in [0.1, 0.15) is 26.4 Å². The van der Waals surface area contributed by atoms with Crippen LogP contribution in [0.5, 0.6) is 11.5 Å². The lowest BCUT2D eigenvalue weighted by Gasteiger charge is -2.35. The Morgan fingerprint density at radius 3 is 2.50 bits per heavy atom. The number of fused-ring (bicyclic) bond motifs is 1. The molecule has 40 heavy (non-hydrogen) atoms. The van der Waals surface area contributed by atoms with E-state index in [2.05, 4.69) is 13.2 Å². The van der Waals surface area contributed by atoms with Crippen LogP contribution >= 0.6 is 0 Å². The van der Waals surface area contributed by atoms with Crippen LogP contribution in [0.1, 0.15) is 35.2 Å². The highest BCUT2D eigenvalue weighted by molar-refractivity contribution is 6.00. The van der Waals surface area contributed by atoms with Crippen molar-refractivity contribution in [1.82, 2.24) is 4.90 Å². The summed E-state index contributed by atoms with van der Waals surface area (Å²) in [4.78, 5) is 33.4. The van der Waals surface area contributed by atoms with E-state index in [0.717, 1.165) is 18.4 Å². The number of hydrogen-bond donors (Lipinski definition) is 0. The van der Waals surface area contributed by atoms with Crippen LogP contribution in [-0.2, 0) is 20.9 Å². The highest BCUT2D eigenvalue weighted by Crippen LogP contribution is 2.36. The molecule has 208 valence electrons. The molecule has 1 atom stereocenters. The van der Waals surface area contributed by atoms with E-state index in [4.69, 9.17) is 23.9 Å². The van der Waals surface area contributed by atoms with Gasteiger partial charge >= 0.3 is 5.97 Å². The highest BCUT2D eigenvalue weighted by atomic mass is 16.6. The zero-order valence-corrected chi connectivity index (χ0v) is 22.6. The predicted octanol–water partition coefficient (Wildman–Crippen LogP) is 4.91. The zero-order valence-electron chi connectivity index (χ0n) is 22.6. The number of aliphatic imine (C=N–C) groups is 1. The summed E-state index contributed by atoms with van der Waals surface area (Å²) >= 11 is 0. The summed E-state index contributed by atoms with van der Waals surface area (Å²) < 4.78 is 22.9. The molecule has 5 rings (SSSR count). The van der Waals surface area contributed by atoms with Gasteiger partial charge in [0.05, 0.1) is 0 Å². The van der Waals surface area contributed by atoms with E-state index in [1.54, 1.807) is 36.4 Å². The normalized spacial score (nSPS) is 20.8. The van der Waals surface area contributed by atoms with Crippen molar-refractivity contribution in [2.75, 3.05) is 32.9 Å². The number of nitrogens with zero attached hydrogens (tertiary/aromatic N) is 2. The monoisotopic (exact) mass is 542 g/mol. The Hall–Kier alpha value is -4.33. The van der Waals surface area contributed by atoms with E-state index in [9.17, 15) is 9.59 Å². The van der Waals surface area contributed by atoms with Crippen LogP contribution in [0.25, 0.3) is 0 Å². The van der Waals surface area contributed by atoms with Crippen molar-refractivity contribution in [2.45, 2.75) is 31.4 Å². The number of rotatable bonds is 9. The third-order valence-electron chi connectivity index (χ3n) is 7.44. The number of benzene rings is 2. The summed E-state index contributed by atoms with van der Waals surface area (Å²) in [6.07, 6.45) is 6.96. The van der Waals surface area contributed by atoms with Gasteiger partial charge in [-0.05, 0) is 48.9 Å². The maximum atomic E-state index is 13.5. The van der Waals surface area contributed by atoms with Gasteiger partial charge in [0.25, 0.3) is 5.91 Å². The number of esters is 1. The van der Waals surface area contributed by atoms with Gasteiger partial charge in [-0.1, -0.05) is 61.7 Å². The number of hydrogen-bond acceptors (Lipinski definition) is 7. The molecule has 3 aliphatic rings. The summed E-state index contributed by atoms with van der Waals surface area (Å²) in [5, 5.41) is 0. The van der Waals surface area contributed by atoms with Gasteiger partial charge in [0.2, 0.25) is 5.90 Å². The molecule has 2 aromatic rings. The summed E-state index contributed by atoms with van der Waals surface area (Å²) in [5.74, 6) is 1.33. The van der Waals surface area contributed by atoms with Crippen molar-refractivity contribution >= 4 is 17.8 Å². The average molecular weight is 543 g/mol. The van der Waals surface area contributed by atoms with Crippen molar-refractivity contribution in [2.24, 2.45) is 10.9 Å². The van der Waals surface area contributed by atoms with Gasteiger partial charge < -0.3 is 23.8 Å². The molecule has 1 saturated heterocycles. The molecule has 0 unspecified atom stereocenters. The molecule has 1 fully saturated rings. The first-order chi connectivity index (χ1) is 19.5. The van der Waals surface area contributed by atoms with Gasteiger partial charge in [-0.3, -0.25) is 4.79 Å². The van der Waals surface area contributed by atoms with Crippen molar-refractivity contribution in [3.8, 4) is 11.5 Å². The number of carbonyl (C=O) groups excluding carboxylic acids is 2.